The molecule has 0 fully saturated rings. The molecule has 1 aromatic carbocycles. The molecule has 92 valence electrons. The van der Waals surface area contributed by atoms with Gasteiger partial charge < -0.3 is 4.42 Å². The highest BCUT2D eigenvalue weighted by atomic mass is 79.9. The summed E-state index contributed by atoms with van der Waals surface area (Å²) in [4.78, 5) is 4.56. The zero-order valence-electron chi connectivity index (χ0n) is 10.7. The molecule has 0 bridgehead atoms. The van der Waals surface area contributed by atoms with Crippen molar-refractivity contribution in [3.63, 3.8) is 0 Å². The summed E-state index contributed by atoms with van der Waals surface area (Å²) in [7, 11) is 0. The highest BCUT2D eigenvalue weighted by Gasteiger charge is 2.14. The molecule has 1 aromatic heterocycles. The summed E-state index contributed by atoms with van der Waals surface area (Å²) in [5.41, 5.74) is 3.12. The van der Waals surface area contributed by atoms with Gasteiger partial charge in [0.25, 0.3) is 0 Å². The van der Waals surface area contributed by atoms with E-state index in [0.717, 1.165) is 27.9 Å². The average Bonchev–Trinajstić information content (AvgIpc) is 2.56. The molecule has 0 aliphatic rings. The first-order chi connectivity index (χ1) is 7.97. The normalized spacial score (nSPS) is 11.9. The van der Waals surface area contributed by atoms with Gasteiger partial charge in [-0.3, -0.25) is 0 Å². The van der Waals surface area contributed by atoms with Crippen LogP contribution in [-0.2, 0) is 6.42 Å². The van der Waals surface area contributed by atoms with Gasteiger partial charge in [-0.2, -0.15) is 0 Å². The maximum absolute atomic E-state index is 5.89. The quantitative estimate of drug-likeness (QED) is 0.804. The highest BCUT2D eigenvalue weighted by Crippen LogP contribution is 2.30. The van der Waals surface area contributed by atoms with E-state index in [2.05, 4.69) is 54.7 Å². The van der Waals surface area contributed by atoms with Crippen molar-refractivity contribution < 1.29 is 4.42 Å². The summed E-state index contributed by atoms with van der Waals surface area (Å²) in [6.07, 6.45) is 0.893. The van der Waals surface area contributed by atoms with E-state index in [4.69, 9.17) is 4.42 Å². The van der Waals surface area contributed by atoms with E-state index < -0.39 is 0 Å². The molecule has 0 unspecified atom stereocenters. The van der Waals surface area contributed by atoms with E-state index in [1.54, 1.807) is 0 Å². The Morgan fingerprint density at radius 1 is 1.24 bits per heavy atom. The Kier molecular flexibility index (Phi) is 3.57. The van der Waals surface area contributed by atoms with Crippen LogP contribution in [0.4, 0.5) is 0 Å². The lowest BCUT2D eigenvalue weighted by Crippen LogP contribution is -1.93. The van der Waals surface area contributed by atoms with E-state index in [-0.39, 0.29) is 0 Å². The molecule has 0 aliphatic heterocycles. The lowest BCUT2D eigenvalue weighted by Gasteiger charge is -2.05. The molecule has 3 heteroatoms. The largest absolute Gasteiger partial charge is 0.440 e. The molecule has 0 N–H and O–H groups in total. The fraction of sp³-hybridized carbons (Fsp3) is 0.500. The first-order valence-electron chi connectivity index (χ1n) is 6.06. The Morgan fingerprint density at radius 2 is 1.94 bits per heavy atom. The Labute approximate surface area is 111 Å². The van der Waals surface area contributed by atoms with Gasteiger partial charge in [0.2, 0.25) is 0 Å². The summed E-state index contributed by atoms with van der Waals surface area (Å²) >= 11 is 3.53. The van der Waals surface area contributed by atoms with Gasteiger partial charge in [0.1, 0.15) is 5.52 Å². The third-order valence-electron chi connectivity index (χ3n) is 2.73. The second kappa shape index (κ2) is 4.81. The van der Waals surface area contributed by atoms with Gasteiger partial charge in [-0.05, 0) is 24.0 Å². The van der Waals surface area contributed by atoms with Gasteiger partial charge in [0.15, 0.2) is 11.5 Å². The molecule has 0 saturated carbocycles. The van der Waals surface area contributed by atoms with Gasteiger partial charge in [-0.25, -0.2) is 4.98 Å². The number of oxazole rings is 1. The SMILES string of the molecule is CC(C)Cc1nc2cc(Br)cc(C(C)C)c2o1. The van der Waals surface area contributed by atoms with Gasteiger partial charge >= 0.3 is 0 Å². The van der Waals surface area contributed by atoms with Crippen LogP contribution in [0.5, 0.6) is 0 Å². The molecule has 2 aromatic rings. The maximum Gasteiger partial charge on any atom is 0.195 e. The lowest BCUT2D eigenvalue weighted by molar-refractivity contribution is 0.480. The summed E-state index contributed by atoms with van der Waals surface area (Å²) in [5.74, 6) is 1.85. The first-order valence-corrected chi connectivity index (χ1v) is 6.85. The smallest absolute Gasteiger partial charge is 0.195 e. The summed E-state index contributed by atoms with van der Waals surface area (Å²) < 4.78 is 6.96. The molecule has 0 atom stereocenters. The molecule has 0 saturated heterocycles. The Bertz CT molecular complexity index is 528. The van der Waals surface area contributed by atoms with Gasteiger partial charge in [-0.1, -0.05) is 43.6 Å². The predicted octanol–water partition coefficient (Wildman–Crippen LogP) is 4.91. The summed E-state index contributed by atoms with van der Waals surface area (Å²) in [5, 5.41) is 0. The zero-order chi connectivity index (χ0) is 12.6. The number of rotatable bonds is 3. The minimum atomic E-state index is 0.440. The second-order valence-corrected chi connectivity index (χ2v) is 6.12. The van der Waals surface area contributed by atoms with Crippen molar-refractivity contribution >= 4 is 27.0 Å². The molecule has 0 aliphatic carbocycles. The molecule has 0 amide bonds. The van der Waals surface area contributed by atoms with Crippen molar-refractivity contribution in [3.8, 4) is 0 Å². The average molecular weight is 296 g/mol. The van der Waals surface area contributed by atoms with Crippen molar-refractivity contribution in [3.05, 3.63) is 28.1 Å². The van der Waals surface area contributed by atoms with Crippen LogP contribution in [0.1, 0.15) is 45.1 Å². The number of hydrogen-bond acceptors (Lipinski definition) is 2. The van der Waals surface area contributed by atoms with Gasteiger partial charge in [-0.15, -0.1) is 0 Å². The number of halogens is 1. The molecular formula is C14H18BrNO. The Morgan fingerprint density at radius 3 is 2.53 bits per heavy atom. The summed E-state index contributed by atoms with van der Waals surface area (Å²) in [6, 6.07) is 4.14. The fourth-order valence-electron chi connectivity index (χ4n) is 1.93. The van der Waals surface area contributed by atoms with E-state index >= 15 is 0 Å². The molecule has 0 radical (unpaired) electrons. The number of fused-ring (bicyclic) bond motifs is 1. The van der Waals surface area contributed by atoms with E-state index in [0.29, 0.717) is 11.8 Å². The van der Waals surface area contributed by atoms with Crippen LogP contribution in [0.3, 0.4) is 0 Å². The van der Waals surface area contributed by atoms with Gasteiger partial charge in [0.05, 0.1) is 0 Å². The van der Waals surface area contributed by atoms with E-state index in [9.17, 15) is 0 Å². The topological polar surface area (TPSA) is 26.0 Å². The number of nitrogens with zero attached hydrogens (tertiary/aromatic N) is 1. The van der Waals surface area contributed by atoms with Crippen LogP contribution >= 0.6 is 15.9 Å². The van der Waals surface area contributed by atoms with Crippen LogP contribution in [0.25, 0.3) is 11.1 Å². The molecular weight excluding hydrogens is 278 g/mol. The minimum Gasteiger partial charge on any atom is -0.440 e. The summed E-state index contributed by atoms with van der Waals surface area (Å²) in [6.45, 7) is 8.69. The van der Waals surface area contributed by atoms with E-state index in [1.165, 1.54) is 5.56 Å². The van der Waals surface area contributed by atoms with Crippen molar-refractivity contribution in [2.75, 3.05) is 0 Å². The predicted molar refractivity (Wildman–Crippen MR) is 74.3 cm³/mol. The standard InChI is InChI=1S/C14H18BrNO/c1-8(2)5-13-16-12-7-10(15)6-11(9(3)4)14(12)17-13/h6-9H,5H2,1-4H3. The van der Waals surface area contributed by atoms with Crippen LogP contribution < -0.4 is 0 Å². The monoisotopic (exact) mass is 295 g/mol. The molecule has 1 heterocycles. The maximum atomic E-state index is 5.89. The fourth-order valence-corrected chi connectivity index (χ4v) is 2.40. The van der Waals surface area contributed by atoms with Crippen LogP contribution in [0, 0.1) is 5.92 Å². The number of benzene rings is 1. The Balaban J connectivity index is 2.55. The third-order valence-corrected chi connectivity index (χ3v) is 3.19. The van der Waals surface area contributed by atoms with Crippen LogP contribution in [0.2, 0.25) is 0 Å². The van der Waals surface area contributed by atoms with Crippen molar-refractivity contribution in [1.82, 2.24) is 4.98 Å². The number of aromatic nitrogens is 1. The second-order valence-electron chi connectivity index (χ2n) is 5.20. The Hall–Kier alpha value is -0.830. The van der Waals surface area contributed by atoms with Crippen molar-refractivity contribution in [2.45, 2.75) is 40.0 Å². The first kappa shape index (κ1) is 12.6. The number of hydrogen-bond donors (Lipinski definition) is 0. The molecule has 2 rings (SSSR count). The van der Waals surface area contributed by atoms with Gasteiger partial charge in [0, 0.05) is 16.5 Å². The van der Waals surface area contributed by atoms with Crippen LogP contribution in [0.15, 0.2) is 21.0 Å². The highest BCUT2D eigenvalue weighted by molar-refractivity contribution is 9.10. The van der Waals surface area contributed by atoms with E-state index in [1.807, 2.05) is 6.07 Å². The zero-order valence-corrected chi connectivity index (χ0v) is 12.3. The molecule has 2 nitrogen and oxygen atoms in total. The van der Waals surface area contributed by atoms with Crippen LogP contribution in [-0.4, -0.2) is 4.98 Å². The molecule has 0 spiro atoms. The van der Waals surface area contributed by atoms with Crippen molar-refractivity contribution in [1.29, 1.82) is 0 Å². The minimum absolute atomic E-state index is 0.440. The molecule has 17 heavy (non-hydrogen) atoms. The van der Waals surface area contributed by atoms with Crippen molar-refractivity contribution in [2.24, 2.45) is 5.92 Å². The third kappa shape index (κ3) is 2.71. The lowest BCUT2D eigenvalue weighted by atomic mass is 10.0.